The van der Waals surface area contributed by atoms with Gasteiger partial charge >= 0.3 is 35.4 Å². The third-order valence-electron chi connectivity index (χ3n) is 17.9. The van der Waals surface area contributed by atoms with Crippen LogP contribution in [0.25, 0.3) is 11.2 Å². The van der Waals surface area contributed by atoms with Crippen LogP contribution in [-0.2, 0) is 69.9 Å². The number of nitrogen functional groups attached to an aromatic ring is 3. The number of aliphatic hydroxyl groups is 2. The van der Waals surface area contributed by atoms with Gasteiger partial charge < -0.3 is 75.5 Å². The molecule has 0 saturated carbocycles. The largest absolute Gasteiger partial charge is 0.488 e. The number of esters is 1. The third-order valence-corrected chi connectivity index (χ3v) is 22.4. The van der Waals surface area contributed by atoms with Crippen LogP contribution in [0.3, 0.4) is 0 Å². The molecule has 7 aromatic rings. The summed E-state index contributed by atoms with van der Waals surface area (Å²) >= 11 is 1.75. The number of ether oxygens (including phenoxy) is 5. The van der Waals surface area contributed by atoms with Crippen LogP contribution in [0.5, 0.6) is 23.0 Å². The first kappa shape index (κ1) is 117. The predicted molar refractivity (Wildman–Crippen MR) is 491 cm³/mol. The first-order chi connectivity index (χ1) is 61.3. The highest BCUT2D eigenvalue weighted by Crippen LogP contribution is 2.61. The number of aliphatic hydroxyl groups excluding tert-OH is 2. The molecule has 36 nitrogen and oxygen atoms in total. The summed E-state index contributed by atoms with van der Waals surface area (Å²) in [6, 6.07) is 24.5. The molecule has 2 fully saturated rings. The van der Waals surface area contributed by atoms with Crippen molar-refractivity contribution in [1.82, 2.24) is 24.6 Å². The van der Waals surface area contributed by atoms with E-state index in [0.717, 1.165) is 19.0 Å². The number of phosphoric acid groups is 3. The number of anilines is 3. The summed E-state index contributed by atoms with van der Waals surface area (Å²) in [7, 11) is -16.2. The number of hydrogen-bond donors (Lipinski definition) is 9. The summed E-state index contributed by atoms with van der Waals surface area (Å²) in [4.78, 5) is 160. The molecule has 0 bridgehead atoms. The molecule has 742 valence electrons. The Labute approximate surface area is 780 Å². The number of phosphoric ester groups is 3. The van der Waals surface area contributed by atoms with Crippen LogP contribution in [0, 0.1) is 53.4 Å². The fourth-order valence-electron chi connectivity index (χ4n) is 11.6. The zero-order chi connectivity index (χ0) is 102. The molecule has 0 spiro atoms. The summed E-state index contributed by atoms with van der Waals surface area (Å²) in [6.07, 6.45) is -3.64. The minimum Gasteiger partial charge on any atom is -0.488 e. The number of ketones is 4. The Morgan fingerprint density at radius 2 is 1.15 bits per heavy atom. The van der Waals surface area contributed by atoms with Gasteiger partial charge in [0.25, 0.3) is 11.8 Å². The number of hydroxylamine groups is 2. The molecule has 2 aliphatic rings. The highest BCUT2D eigenvalue weighted by molar-refractivity contribution is 8.00. The quantitative estimate of drug-likeness (QED) is 0.00167. The molecule has 7 unspecified atom stereocenters. The normalized spacial score (nSPS) is 16.5. The lowest BCUT2D eigenvalue weighted by Crippen LogP contribution is -2.39. The summed E-state index contributed by atoms with van der Waals surface area (Å²) in [6.45, 7) is 38.7. The summed E-state index contributed by atoms with van der Waals surface area (Å²) in [5, 5.41) is 22.1. The first-order valence-corrected chi connectivity index (χ1v) is 47.4. The van der Waals surface area contributed by atoms with Crippen molar-refractivity contribution in [3.05, 3.63) is 154 Å². The molecule has 2 amide bonds. The molecule has 7 atom stereocenters. The van der Waals surface area contributed by atoms with Gasteiger partial charge in [-0.3, -0.25) is 56.5 Å². The number of imidazole rings is 1. The van der Waals surface area contributed by atoms with Crippen LogP contribution < -0.4 is 36.1 Å². The number of halogens is 4. The lowest BCUT2D eigenvalue weighted by atomic mass is 9.84. The third kappa shape index (κ3) is 39.5. The number of carbonyl (C=O) groups excluding carboxylic acids is 9. The number of aromatic nitrogens is 4. The van der Waals surface area contributed by atoms with Gasteiger partial charge in [-0.05, 0) is 164 Å². The molecule has 134 heavy (non-hydrogen) atoms. The predicted octanol–water partition coefficient (Wildman–Crippen LogP) is 16.2. The number of nitrogens with zero attached hydrogens (tertiary/aromatic N) is 5. The number of aldehydes is 1. The van der Waals surface area contributed by atoms with Crippen molar-refractivity contribution in [2.75, 3.05) is 36.2 Å². The molecule has 44 heteroatoms. The molecule has 0 aliphatic carbocycles. The number of fused-ring (bicyclic) bond motifs is 1. The number of hydrogen-bond acceptors (Lipinski definition) is 31. The van der Waals surface area contributed by atoms with E-state index in [2.05, 4.69) is 49.3 Å². The number of nitrogens with two attached hydrogens (primary N) is 3. The van der Waals surface area contributed by atoms with Crippen LogP contribution in [-0.4, -0.2) is 172 Å². The van der Waals surface area contributed by atoms with Crippen LogP contribution >= 0.6 is 35.2 Å². The van der Waals surface area contributed by atoms with Gasteiger partial charge in [-0.2, -0.15) is 20.5 Å². The number of rotatable bonds is 31. The van der Waals surface area contributed by atoms with E-state index in [9.17, 15) is 104 Å². The van der Waals surface area contributed by atoms with E-state index < -0.39 is 142 Å². The average molecular weight is 1970 g/mol. The standard InChI is InChI=1S/C28H47N4O16P3S.C17H19NO2.C12H12F4O2.C12H17NO2.C11H15NO2.C10H15NO4/c1-17-21-25(30-15-29-17)32(16-31-21)26-22(35)23(47-49(37,38)39)20(46-26)13-44-50(40,41)48-51(42,43)45-14-28(5,6)24(36)19(34)11-7-9-18(33)10-8-12-52-27(2,3)4;1-17(2,3)20-13-9-10-14(15(18)11-13)16(19)12-7-5-4-6-8-12;1-5-6(13)8(15)9(16)10(7(5)14)18-11(17)12(2,3)4;1-8(14)10-6-5-9(7-11(10)13)15-12(2,3)4;1-11(2,3)14-9-5-4-8(7-13)10(12)6-9;1-10(2,3)6-9(14)15-11-7(12)4-5-8(11)13/h15-16,20,22-24,26,35-36H,7-14H2,1-6H3,(H,40,41)(H,42,43)(H2,37,38,39);4-11H,18H2,1-3H3;1-4H3;5-7H,13H2,1-4H3;4-7H,12H2,1-3H3;4-6H2,1-3H3. The maximum absolute atomic E-state index is 13.5. The number of carbonyl (C=O) groups is 9. The van der Waals surface area contributed by atoms with Gasteiger partial charge in [0.1, 0.15) is 76.1 Å². The van der Waals surface area contributed by atoms with E-state index in [1.165, 1.54) is 58.8 Å². The van der Waals surface area contributed by atoms with E-state index in [4.69, 9.17) is 50.0 Å². The van der Waals surface area contributed by atoms with Crippen molar-refractivity contribution in [2.45, 2.75) is 263 Å². The highest BCUT2D eigenvalue weighted by atomic mass is 32.2. The maximum Gasteiger partial charge on any atom is 0.481 e. The number of benzene rings is 5. The summed E-state index contributed by atoms with van der Waals surface area (Å²) in [5.74, 6) is -8.30. The number of thioether (sulfide) groups is 1. The van der Waals surface area contributed by atoms with E-state index in [1.54, 1.807) is 85.4 Å². The molecule has 5 aromatic carbocycles. The average Bonchev–Trinajstić information content (AvgIpc) is 1.61. The van der Waals surface area contributed by atoms with Gasteiger partial charge in [-0.15, -0.1) is 5.06 Å². The molecular weight excluding hydrogens is 1840 g/mol. The van der Waals surface area contributed by atoms with Gasteiger partial charge in [0.2, 0.25) is 11.6 Å². The minimum absolute atomic E-state index is 0.00861. The maximum atomic E-state index is 13.5. The second kappa shape index (κ2) is 48.8. The van der Waals surface area contributed by atoms with E-state index in [0.29, 0.717) is 85.7 Å². The second-order valence-corrected chi connectivity index (χ2v) is 43.9. The van der Waals surface area contributed by atoms with Crippen LogP contribution in [0.4, 0.5) is 34.6 Å². The molecule has 12 N–H and O–H groups in total. The van der Waals surface area contributed by atoms with Crippen LogP contribution in [0.15, 0.2) is 97.6 Å². The number of amides is 2. The van der Waals surface area contributed by atoms with Crippen molar-refractivity contribution in [3.63, 3.8) is 0 Å². The molecule has 2 aliphatic heterocycles. The Bertz CT molecular complexity index is 5390. The first-order valence-electron chi connectivity index (χ1n) is 41.9. The molecular formula is C90H125F4N8O28P3S. The monoisotopic (exact) mass is 1970 g/mol. The molecule has 9 rings (SSSR count). The highest BCUT2D eigenvalue weighted by Gasteiger charge is 2.51. The zero-order valence-corrected chi connectivity index (χ0v) is 82.9. The van der Waals surface area contributed by atoms with E-state index >= 15 is 0 Å². The van der Waals surface area contributed by atoms with Gasteiger partial charge in [0.15, 0.2) is 53.0 Å². The van der Waals surface area contributed by atoms with Gasteiger partial charge in [-0.25, -0.2) is 46.6 Å². The SMILES string of the molecule is CC(=O)c1ccc(OC(C)(C)C)cc1N.CC(C)(C)CC(=O)ON1C(=O)CCC1=O.CC(C)(C)Oc1ccc(C(=O)c2ccccc2)c(N)c1.CC(C)(C)Oc1ccc(C=O)c(N)c1.Cc1c(F)c(F)c(F)c(OC(=O)C(C)(C)C)c1F.Cc1ncnc2c1ncn2C1OC(COP(=O)(O)OP(=O)(O)OCC(C)(C)C(O)C(=O)CCCC(=O)CCCSC(C)(C)C)C(OP(=O)(O)O)C1O. The van der Waals surface area contributed by atoms with Crippen LogP contribution in [0.1, 0.15) is 251 Å². The Morgan fingerprint density at radius 3 is 1.63 bits per heavy atom. The second-order valence-electron chi connectivity index (χ2n) is 37.7. The Hall–Kier alpha value is -9.80. The van der Waals surface area contributed by atoms with Gasteiger partial charge in [0.05, 0.1) is 37.1 Å². The van der Waals surface area contributed by atoms with Gasteiger partial charge in [-0.1, -0.05) is 85.7 Å². The Morgan fingerprint density at radius 1 is 0.642 bits per heavy atom. The van der Waals surface area contributed by atoms with E-state index in [-0.39, 0.29) is 88.5 Å². The topological polar surface area (TPSA) is 543 Å². The minimum atomic E-state index is -5.51. The Kier molecular flexibility index (Phi) is 42.4. The van der Waals surface area contributed by atoms with Crippen molar-refractivity contribution in [3.8, 4) is 23.0 Å². The number of imide groups is 1. The lowest BCUT2D eigenvalue weighted by Gasteiger charge is -2.30. The number of Topliss-reactive ketones (excluding diaryl/α,β-unsaturated/α-hetero) is 3. The lowest BCUT2D eigenvalue weighted by molar-refractivity contribution is -0.198. The Balaban J connectivity index is 0.000000374. The summed E-state index contributed by atoms with van der Waals surface area (Å²) in [5.41, 5.74) is 17.5. The van der Waals surface area contributed by atoms with Crippen molar-refractivity contribution < 1.29 is 151 Å². The summed E-state index contributed by atoms with van der Waals surface area (Å²) < 4.78 is 137. The van der Waals surface area contributed by atoms with Gasteiger partial charge in [0, 0.05) is 105 Å². The smallest absolute Gasteiger partial charge is 0.481 e. The van der Waals surface area contributed by atoms with Crippen molar-refractivity contribution in [1.29, 1.82) is 0 Å². The van der Waals surface area contributed by atoms with Crippen molar-refractivity contribution >= 4 is 117 Å². The number of aryl methyl sites for hydroxylation is 1. The molecule has 0 radical (unpaired) electrons. The zero-order valence-electron chi connectivity index (χ0n) is 79.4. The van der Waals surface area contributed by atoms with Crippen LogP contribution in [0.2, 0.25) is 0 Å². The fraction of sp³-hybridized carbons (Fsp3) is 0.511. The van der Waals surface area contributed by atoms with E-state index in [1.807, 2.05) is 101 Å². The fourth-order valence-corrected chi connectivity index (χ4v) is 15.3. The van der Waals surface area contributed by atoms with Crippen molar-refractivity contribution in [2.24, 2.45) is 16.2 Å². The molecule has 2 saturated heterocycles. The molecule has 2 aromatic heterocycles. The molecule has 4 heterocycles.